The number of unbranched alkanes of at least 4 members (excludes halogenated alkanes) is 1. The Morgan fingerprint density at radius 1 is 1.53 bits per heavy atom. The zero-order chi connectivity index (χ0) is 12.7. The van der Waals surface area contributed by atoms with Crippen LogP contribution in [0.3, 0.4) is 0 Å². The molecule has 96 valence electrons. The lowest BCUT2D eigenvalue weighted by Crippen LogP contribution is -2.21. The van der Waals surface area contributed by atoms with Gasteiger partial charge in [-0.3, -0.25) is 0 Å². The SMILES string of the molecule is C=CCCCC(NCCC)c1cc(Br)c(Br)s1. The van der Waals surface area contributed by atoms with Crippen molar-refractivity contribution in [2.24, 2.45) is 0 Å². The van der Waals surface area contributed by atoms with Crippen LogP contribution in [0.1, 0.15) is 43.5 Å². The Kier molecular flexibility index (Phi) is 7.67. The first-order valence-corrected chi connectivity index (χ1v) is 8.38. The fraction of sp³-hybridized carbons (Fsp3) is 0.538. The molecular formula is C13H19Br2NS. The van der Waals surface area contributed by atoms with Gasteiger partial charge in [-0.05, 0) is 70.2 Å². The van der Waals surface area contributed by atoms with E-state index >= 15 is 0 Å². The van der Waals surface area contributed by atoms with Gasteiger partial charge < -0.3 is 5.32 Å². The topological polar surface area (TPSA) is 12.0 Å². The zero-order valence-corrected chi connectivity index (χ0v) is 14.1. The third-order valence-electron chi connectivity index (χ3n) is 2.55. The standard InChI is InChI=1S/C13H19Br2NS/c1-3-5-6-7-11(16-8-4-2)12-9-10(14)13(15)17-12/h3,9,11,16H,1,4-8H2,2H3. The van der Waals surface area contributed by atoms with Gasteiger partial charge in [0.25, 0.3) is 0 Å². The molecule has 1 unspecified atom stereocenters. The molecule has 0 aromatic carbocycles. The van der Waals surface area contributed by atoms with Crippen molar-refractivity contribution in [3.63, 3.8) is 0 Å². The van der Waals surface area contributed by atoms with Gasteiger partial charge in [0.2, 0.25) is 0 Å². The first-order valence-electron chi connectivity index (χ1n) is 5.98. The van der Waals surface area contributed by atoms with E-state index in [1.165, 1.54) is 27.9 Å². The van der Waals surface area contributed by atoms with Gasteiger partial charge in [0.1, 0.15) is 0 Å². The highest BCUT2D eigenvalue weighted by Gasteiger charge is 2.14. The van der Waals surface area contributed by atoms with Gasteiger partial charge in [-0.1, -0.05) is 13.0 Å². The maximum atomic E-state index is 3.78. The number of hydrogen-bond acceptors (Lipinski definition) is 2. The number of allylic oxidation sites excluding steroid dienone is 1. The van der Waals surface area contributed by atoms with Gasteiger partial charge in [0.15, 0.2) is 0 Å². The predicted molar refractivity (Wildman–Crippen MR) is 84.8 cm³/mol. The first-order chi connectivity index (χ1) is 8.19. The summed E-state index contributed by atoms with van der Waals surface area (Å²) in [5.74, 6) is 0. The van der Waals surface area contributed by atoms with Crippen molar-refractivity contribution < 1.29 is 0 Å². The van der Waals surface area contributed by atoms with E-state index in [0.717, 1.165) is 17.4 Å². The fourth-order valence-corrected chi connectivity index (χ4v) is 3.86. The molecule has 0 spiro atoms. The van der Waals surface area contributed by atoms with Gasteiger partial charge in [0, 0.05) is 15.4 Å². The summed E-state index contributed by atoms with van der Waals surface area (Å²) in [7, 11) is 0. The quantitative estimate of drug-likeness (QED) is 0.452. The minimum atomic E-state index is 0.475. The molecule has 1 atom stereocenters. The lowest BCUT2D eigenvalue weighted by molar-refractivity contribution is 0.492. The second-order valence-corrected chi connectivity index (χ2v) is 7.25. The van der Waals surface area contributed by atoms with Crippen LogP contribution in [-0.4, -0.2) is 6.54 Å². The summed E-state index contributed by atoms with van der Waals surface area (Å²) in [5, 5.41) is 3.62. The van der Waals surface area contributed by atoms with E-state index in [0.29, 0.717) is 6.04 Å². The second kappa shape index (κ2) is 8.46. The minimum Gasteiger partial charge on any atom is -0.309 e. The molecule has 0 aliphatic heterocycles. The smallest absolute Gasteiger partial charge is 0.0843 e. The highest BCUT2D eigenvalue weighted by molar-refractivity contribution is 9.13. The fourth-order valence-electron chi connectivity index (χ4n) is 1.66. The molecule has 4 heteroatoms. The van der Waals surface area contributed by atoms with Crippen LogP contribution in [0.5, 0.6) is 0 Å². The predicted octanol–water partition coefficient (Wildman–Crippen LogP) is 5.67. The van der Waals surface area contributed by atoms with Gasteiger partial charge in [-0.25, -0.2) is 0 Å². The van der Waals surface area contributed by atoms with Crippen LogP contribution >= 0.6 is 43.2 Å². The van der Waals surface area contributed by atoms with E-state index in [-0.39, 0.29) is 0 Å². The Hall–Kier alpha value is 0.360. The minimum absolute atomic E-state index is 0.475. The van der Waals surface area contributed by atoms with E-state index in [2.05, 4.69) is 56.7 Å². The van der Waals surface area contributed by atoms with Crippen LogP contribution in [-0.2, 0) is 0 Å². The highest BCUT2D eigenvalue weighted by atomic mass is 79.9. The second-order valence-electron chi connectivity index (χ2n) is 4.00. The lowest BCUT2D eigenvalue weighted by Gasteiger charge is -2.16. The molecule has 0 radical (unpaired) electrons. The van der Waals surface area contributed by atoms with Crippen LogP contribution < -0.4 is 5.32 Å². The molecule has 1 heterocycles. The Balaban J connectivity index is 2.63. The summed E-state index contributed by atoms with van der Waals surface area (Å²) in [6, 6.07) is 2.69. The van der Waals surface area contributed by atoms with Crippen molar-refractivity contribution in [3.05, 3.63) is 31.9 Å². The Labute approximate surface area is 125 Å². The van der Waals surface area contributed by atoms with Gasteiger partial charge >= 0.3 is 0 Å². The number of rotatable bonds is 8. The Morgan fingerprint density at radius 3 is 2.82 bits per heavy atom. The molecule has 0 fully saturated rings. The maximum absolute atomic E-state index is 3.78. The van der Waals surface area contributed by atoms with E-state index in [1.807, 2.05) is 17.4 Å². The van der Waals surface area contributed by atoms with E-state index in [4.69, 9.17) is 0 Å². The van der Waals surface area contributed by atoms with Crippen molar-refractivity contribution in [1.29, 1.82) is 0 Å². The average Bonchev–Trinajstić information content (AvgIpc) is 2.64. The van der Waals surface area contributed by atoms with Crippen LogP contribution in [0.15, 0.2) is 27.0 Å². The van der Waals surface area contributed by atoms with Crippen molar-refractivity contribution in [2.45, 2.75) is 38.6 Å². The van der Waals surface area contributed by atoms with E-state index in [9.17, 15) is 0 Å². The number of thiophene rings is 1. The van der Waals surface area contributed by atoms with Gasteiger partial charge in [-0.2, -0.15) is 0 Å². The summed E-state index contributed by atoms with van der Waals surface area (Å²) in [6.45, 7) is 7.06. The molecule has 1 aromatic heterocycles. The zero-order valence-electron chi connectivity index (χ0n) is 10.1. The normalized spacial score (nSPS) is 12.6. The molecule has 0 saturated carbocycles. The number of halogens is 2. The first kappa shape index (κ1) is 15.4. The Morgan fingerprint density at radius 2 is 2.29 bits per heavy atom. The number of hydrogen-bond donors (Lipinski definition) is 1. The van der Waals surface area contributed by atoms with E-state index in [1.54, 1.807) is 0 Å². The molecule has 0 bridgehead atoms. The molecule has 0 aliphatic carbocycles. The van der Waals surface area contributed by atoms with Crippen LogP contribution in [0.25, 0.3) is 0 Å². The van der Waals surface area contributed by atoms with Crippen LogP contribution in [0, 0.1) is 0 Å². The molecule has 0 aliphatic rings. The molecule has 1 N–H and O–H groups in total. The summed E-state index contributed by atoms with van der Waals surface area (Å²) >= 11 is 8.93. The number of nitrogens with one attached hydrogen (secondary N) is 1. The lowest BCUT2D eigenvalue weighted by atomic mass is 10.1. The van der Waals surface area contributed by atoms with Crippen LogP contribution in [0.2, 0.25) is 0 Å². The van der Waals surface area contributed by atoms with Crippen LogP contribution in [0.4, 0.5) is 0 Å². The monoisotopic (exact) mass is 379 g/mol. The third kappa shape index (κ3) is 5.25. The van der Waals surface area contributed by atoms with Crippen molar-refractivity contribution in [1.82, 2.24) is 5.32 Å². The molecule has 1 nitrogen and oxygen atoms in total. The maximum Gasteiger partial charge on any atom is 0.0843 e. The van der Waals surface area contributed by atoms with Crippen molar-refractivity contribution in [2.75, 3.05) is 6.54 Å². The van der Waals surface area contributed by atoms with Gasteiger partial charge in [-0.15, -0.1) is 17.9 Å². The van der Waals surface area contributed by atoms with Gasteiger partial charge in [0.05, 0.1) is 3.79 Å². The molecule has 0 amide bonds. The Bertz CT molecular complexity index is 330. The molecule has 0 saturated heterocycles. The van der Waals surface area contributed by atoms with Crippen molar-refractivity contribution >= 4 is 43.2 Å². The summed E-state index contributed by atoms with van der Waals surface area (Å²) < 4.78 is 2.34. The summed E-state index contributed by atoms with van der Waals surface area (Å²) in [4.78, 5) is 1.40. The summed E-state index contributed by atoms with van der Waals surface area (Å²) in [5.41, 5.74) is 0. The highest BCUT2D eigenvalue weighted by Crippen LogP contribution is 2.36. The molecule has 17 heavy (non-hydrogen) atoms. The molecule has 1 rings (SSSR count). The molecular weight excluding hydrogens is 362 g/mol. The summed E-state index contributed by atoms with van der Waals surface area (Å²) in [6.07, 6.45) is 6.63. The molecule has 1 aromatic rings. The third-order valence-corrected chi connectivity index (χ3v) is 5.92. The van der Waals surface area contributed by atoms with Crippen molar-refractivity contribution in [3.8, 4) is 0 Å². The van der Waals surface area contributed by atoms with E-state index < -0.39 is 0 Å². The largest absolute Gasteiger partial charge is 0.309 e. The average molecular weight is 381 g/mol.